The van der Waals surface area contributed by atoms with Crippen molar-refractivity contribution in [3.05, 3.63) is 11.1 Å². The average molecular weight is 199 g/mol. The van der Waals surface area contributed by atoms with Crippen molar-refractivity contribution in [2.24, 2.45) is 11.8 Å². The lowest BCUT2D eigenvalue weighted by Gasteiger charge is -2.15. The summed E-state index contributed by atoms with van der Waals surface area (Å²) in [5.41, 5.74) is 1.04. The topological polar surface area (TPSA) is 37.8 Å². The number of rotatable bonds is 5. The van der Waals surface area contributed by atoms with Gasteiger partial charge in [-0.2, -0.15) is 0 Å². The summed E-state index contributed by atoms with van der Waals surface area (Å²) >= 11 is 1.40. The second-order valence-electron chi connectivity index (χ2n) is 3.75. The molecule has 1 heterocycles. The van der Waals surface area contributed by atoms with Crippen LogP contribution in [0.1, 0.15) is 26.5 Å². The molecule has 1 rings (SSSR count). The van der Waals surface area contributed by atoms with E-state index in [1.165, 1.54) is 11.5 Å². The van der Waals surface area contributed by atoms with Crippen molar-refractivity contribution in [3.63, 3.8) is 0 Å². The van der Waals surface area contributed by atoms with Crippen LogP contribution in [0.4, 0.5) is 0 Å². The summed E-state index contributed by atoms with van der Waals surface area (Å²) in [6.45, 7) is 8.65. The number of hydrogen-bond acceptors (Lipinski definition) is 4. The van der Waals surface area contributed by atoms with Gasteiger partial charge in [0.1, 0.15) is 0 Å². The molecule has 13 heavy (non-hydrogen) atoms. The van der Waals surface area contributed by atoms with Gasteiger partial charge in [-0.05, 0) is 29.9 Å². The van der Waals surface area contributed by atoms with E-state index in [1.807, 2.05) is 5.38 Å². The third-order valence-electron chi connectivity index (χ3n) is 2.32. The van der Waals surface area contributed by atoms with Crippen LogP contribution in [0.15, 0.2) is 5.38 Å². The lowest BCUT2D eigenvalue weighted by atomic mass is 9.98. The standard InChI is InChI=1S/C9H17N3S/c1-7(2)8(3)4-10-5-9-6-13-12-11-9/h6-8,10H,4-5H2,1-3H3. The molecule has 1 atom stereocenters. The highest BCUT2D eigenvalue weighted by atomic mass is 32.1. The van der Waals surface area contributed by atoms with Gasteiger partial charge in [0.05, 0.1) is 5.69 Å². The first-order valence-electron chi connectivity index (χ1n) is 4.66. The SMILES string of the molecule is CC(C)C(C)CNCc1csnn1. The summed E-state index contributed by atoms with van der Waals surface area (Å²) in [6, 6.07) is 0. The lowest BCUT2D eigenvalue weighted by Crippen LogP contribution is -2.23. The van der Waals surface area contributed by atoms with Crippen molar-refractivity contribution in [2.45, 2.75) is 27.3 Å². The first-order chi connectivity index (χ1) is 6.20. The van der Waals surface area contributed by atoms with Crippen LogP contribution < -0.4 is 5.32 Å². The molecule has 0 radical (unpaired) electrons. The lowest BCUT2D eigenvalue weighted by molar-refractivity contribution is 0.391. The molecule has 0 bridgehead atoms. The molecule has 1 aromatic rings. The molecule has 4 heteroatoms. The smallest absolute Gasteiger partial charge is 0.0893 e. The van der Waals surface area contributed by atoms with E-state index in [0.29, 0.717) is 5.92 Å². The predicted molar refractivity (Wildman–Crippen MR) is 55.6 cm³/mol. The van der Waals surface area contributed by atoms with Gasteiger partial charge in [0.15, 0.2) is 0 Å². The van der Waals surface area contributed by atoms with Gasteiger partial charge in [-0.1, -0.05) is 25.3 Å². The van der Waals surface area contributed by atoms with Crippen molar-refractivity contribution in [1.29, 1.82) is 0 Å². The molecule has 74 valence electrons. The number of nitrogens with one attached hydrogen (secondary N) is 1. The molecular formula is C9H17N3S. The van der Waals surface area contributed by atoms with Crippen molar-refractivity contribution in [3.8, 4) is 0 Å². The maximum absolute atomic E-state index is 3.96. The Balaban J connectivity index is 2.14. The molecule has 0 fully saturated rings. The summed E-state index contributed by atoms with van der Waals surface area (Å²) in [5, 5.41) is 9.32. The zero-order valence-corrected chi connectivity index (χ0v) is 9.27. The highest BCUT2D eigenvalue weighted by molar-refractivity contribution is 7.03. The van der Waals surface area contributed by atoms with E-state index in [4.69, 9.17) is 0 Å². The Morgan fingerprint density at radius 1 is 1.46 bits per heavy atom. The number of aromatic nitrogens is 2. The fourth-order valence-corrected chi connectivity index (χ4v) is 1.38. The normalized spacial score (nSPS) is 13.5. The molecule has 0 saturated heterocycles. The van der Waals surface area contributed by atoms with E-state index in [1.54, 1.807) is 0 Å². The molecule has 0 saturated carbocycles. The van der Waals surface area contributed by atoms with Crippen LogP contribution in [0.5, 0.6) is 0 Å². The Kier molecular flexibility index (Phi) is 4.32. The van der Waals surface area contributed by atoms with E-state index in [-0.39, 0.29) is 0 Å². The van der Waals surface area contributed by atoms with E-state index < -0.39 is 0 Å². The van der Waals surface area contributed by atoms with Crippen molar-refractivity contribution in [1.82, 2.24) is 14.9 Å². The van der Waals surface area contributed by atoms with Crippen LogP contribution in [0.25, 0.3) is 0 Å². The predicted octanol–water partition coefficient (Wildman–Crippen LogP) is 1.92. The Bertz CT molecular complexity index is 221. The van der Waals surface area contributed by atoms with Gasteiger partial charge < -0.3 is 5.32 Å². The van der Waals surface area contributed by atoms with Gasteiger partial charge in [-0.3, -0.25) is 0 Å². The van der Waals surface area contributed by atoms with Gasteiger partial charge in [-0.25, -0.2) is 0 Å². The fraction of sp³-hybridized carbons (Fsp3) is 0.778. The van der Waals surface area contributed by atoms with Crippen LogP contribution in [0.3, 0.4) is 0 Å². The molecule has 3 nitrogen and oxygen atoms in total. The summed E-state index contributed by atoms with van der Waals surface area (Å²) in [5.74, 6) is 1.45. The molecule has 1 N–H and O–H groups in total. The van der Waals surface area contributed by atoms with Crippen molar-refractivity contribution >= 4 is 11.5 Å². The van der Waals surface area contributed by atoms with Gasteiger partial charge in [0, 0.05) is 11.9 Å². The number of hydrogen-bond donors (Lipinski definition) is 1. The maximum atomic E-state index is 3.96. The molecule has 0 amide bonds. The summed E-state index contributed by atoms with van der Waals surface area (Å²) in [6.07, 6.45) is 0. The van der Waals surface area contributed by atoms with E-state index in [2.05, 4.69) is 35.7 Å². The number of nitrogens with zero attached hydrogens (tertiary/aromatic N) is 2. The van der Waals surface area contributed by atoms with Crippen LogP contribution in [-0.2, 0) is 6.54 Å². The molecule has 0 aliphatic rings. The quantitative estimate of drug-likeness (QED) is 0.787. The highest BCUT2D eigenvalue weighted by Crippen LogP contribution is 2.07. The third-order valence-corrected chi connectivity index (χ3v) is 2.87. The molecular weight excluding hydrogens is 182 g/mol. The van der Waals surface area contributed by atoms with E-state index in [0.717, 1.165) is 24.7 Å². The second-order valence-corrected chi connectivity index (χ2v) is 4.36. The molecule has 0 aromatic carbocycles. The molecule has 1 unspecified atom stereocenters. The van der Waals surface area contributed by atoms with Gasteiger partial charge in [0.25, 0.3) is 0 Å². The molecule has 0 spiro atoms. The Labute approximate surface area is 83.7 Å². The van der Waals surface area contributed by atoms with Crippen LogP contribution in [0.2, 0.25) is 0 Å². The van der Waals surface area contributed by atoms with Crippen LogP contribution in [0, 0.1) is 11.8 Å². The van der Waals surface area contributed by atoms with Crippen molar-refractivity contribution in [2.75, 3.05) is 6.54 Å². The minimum Gasteiger partial charge on any atom is -0.311 e. The molecule has 0 aliphatic carbocycles. The van der Waals surface area contributed by atoms with Gasteiger partial charge >= 0.3 is 0 Å². The summed E-state index contributed by atoms with van der Waals surface area (Å²) in [7, 11) is 0. The molecule has 0 aliphatic heterocycles. The Morgan fingerprint density at radius 3 is 2.77 bits per heavy atom. The zero-order chi connectivity index (χ0) is 9.68. The fourth-order valence-electron chi connectivity index (χ4n) is 0.925. The van der Waals surface area contributed by atoms with Crippen molar-refractivity contribution < 1.29 is 0 Å². The van der Waals surface area contributed by atoms with Gasteiger partial charge in [-0.15, -0.1) is 5.10 Å². The maximum Gasteiger partial charge on any atom is 0.0893 e. The van der Waals surface area contributed by atoms with E-state index in [9.17, 15) is 0 Å². The monoisotopic (exact) mass is 199 g/mol. The third kappa shape index (κ3) is 3.83. The Hall–Kier alpha value is -0.480. The zero-order valence-electron chi connectivity index (χ0n) is 8.45. The first kappa shape index (κ1) is 10.6. The van der Waals surface area contributed by atoms with E-state index >= 15 is 0 Å². The summed E-state index contributed by atoms with van der Waals surface area (Å²) in [4.78, 5) is 0. The average Bonchev–Trinajstić information content (AvgIpc) is 2.56. The molecule has 1 aromatic heterocycles. The second kappa shape index (κ2) is 5.29. The Morgan fingerprint density at radius 2 is 2.23 bits per heavy atom. The van der Waals surface area contributed by atoms with Gasteiger partial charge in [0.2, 0.25) is 0 Å². The first-order valence-corrected chi connectivity index (χ1v) is 5.50. The minimum absolute atomic E-state index is 0.714. The largest absolute Gasteiger partial charge is 0.311 e. The summed E-state index contributed by atoms with van der Waals surface area (Å²) < 4.78 is 3.81. The van der Waals surface area contributed by atoms with Crippen LogP contribution in [-0.4, -0.2) is 16.1 Å². The van der Waals surface area contributed by atoms with Crippen LogP contribution >= 0.6 is 11.5 Å². The minimum atomic E-state index is 0.714. The highest BCUT2D eigenvalue weighted by Gasteiger charge is 2.06.